The largest absolute Gasteiger partial charge is 0.357 e. The van der Waals surface area contributed by atoms with Crippen LogP contribution >= 0.6 is 0 Å². The first-order chi connectivity index (χ1) is 8.84. The fourth-order valence-electron chi connectivity index (χ4n) is 2.33. The van der Waals surface area contributed by atoms with Gasteiger partial charge < -0.3 is 9.88 Å². The Morgan fingerprint density at radius 2 is 1.72 bits per heavy atom. The third-order valence-corrected chi connectivity index (χ3v) is 3.07. The summed E-state index contributed by atoms with van der Waals surface area (Å²) < 4.78 is 0. The molecule has 0 fully saturated rings. The van der Waals surface area contributed by atoms with Gasteiger partial charge in [0.15, 0.2) is 0 Å². The summed E-state index contributed by atoms with van der Waals surface area (Å²) in [5, 5.41) is 1.41. The van der Waals surface area contributed by atoms with Crippen LogP contribution in [0.5, 0.6) is 0 Å². The summed E-state index contributed by atoms with van der Waals surface area (Å²) in [6.07, 6.45) is 1.18. The van der Waals surface area contributed by atoms with Gasteiger partial charge in [-0.3, -0.25) is 0 Å². The Balaban J connectivity index is 0.000000371. The molecule has 0 saturated carbocycles. The van der Waals surface area contributed by atoms with Crippen molar-refractivity contribution < 1.29 is 0 Å². The molecule has 1 aliphatic heterocycles. The summed E-state index contributed by atoms with van der Waals surface area (Å²) in [5.41, 5.74) is 4.21. The lowest BCUT2D eigenvalue weighted by Crippen LogP contribution is -2.26. The molecule has 2 nitrogen and oxygen atoms in total. The van der Waals surface area contributed by atoms with Gasteiger partial charge in [-0.25, -0.2) is 0 Å². The van der Waals surface area contributed by atoms with Gasteiger partial charge >= 0.3 is 0 Å². The van der Waals surface area contributed by atoms with Crippen LogP contribution in [0.2, 0.25) is 0 Å². The third-order valence-electron chi connectivity index (χ3n) is 3.07. The smallest absolute Gasteiger partial charge is 0.0459 e. The van der Waals surface area contributed by atoms with Crippen LogP contribution in [0.4, 0.5) is 0 Å². The molecular formula is C16H26N2. The van der Waals surface area contributed by atoms with E-state index in [-0.39, 0.29) is 0 Å². The number of nitrogens with one attached hydrogen (secondary N) is 1. The van der Waals surface area contributed by atoms with Crippen molar-refractivity contribution in [2.45, 2.75) is 40.7 Å². The number of fused-ring (bicyclic) bond motifs is 3. The molecule has 1 aliphatic rings. The molecule has 0 amide bonds. The van der Waals surface area contributed by atoms with Crippen LogP contribution < -0.4 is 0 Å². The van der Waals surface area contributed by atoms with Crippen LogP contribution in [0.3, 0.4) is 0 Å². The number of aromatic nitrogens is 1. The molecule has 1 aromatic heterocycles. The fraction of sp³-hybridized carbons (Fsp3) is 0.500. The van der Waals surface area contributed by atoms with Gasteiger partial charge in [0.05, 0.1) is 0 Å². The standard InChI is InChI=1S/C12H14N2.2C2H6/c1-14-7-6-10-9-4-2-3-5-11(9)13-12(10)8-14;2*1-2/h2-5,13H,6-8H2,1H3;2*1-2H3. The first-order valence-corrected chi connectivity index (χ1v) is 7.11. The highest BCUT2D eigenvalue weighted by atomic mass is 15.1. The van der Waals surface area contributed by atoms with Gasteiger partial charge in [0.2, 0.25) is 0 Å². The van der Waals surface area contributed by atoms with Crippen LogP contribution in [-0.4, -0.2) is 23.5 Å². The van der Waals surface area contributed by atoms with Gasteiger partial charge in [-0.1, -0.05) is 45.9 Å². The SMILES string of the molecule is CC.CC.CN1CCc2c([nH]c3ccccc23)C1. The number of rotatable bonds is 0. The molecule has 0 unspecified atom stereocenters. The third kappa shape index (κ3) is 2.94. The van der Waals surface area contributed by atoms with E-state index in [9.17, 15) is 0 Å². The average molecular weight is 246 g/mol. The van der Waals surface area contributed by atoms with E-state index in [4.69, 9.17) is 0 Å². The van der Waals surface area contributed by atoms with E-state index in [0.717, 1.165) is 6.54 Å². The first kappa shape index (κ1) is 14.8. The van der Waals surface area contributed by atoms with Crippen molar-refractivity contribution in [2.24, 2.45) is 0 Å². The number of hydrogen-bond acceptors (Lipinski definition) is 1. The Morgan fingerprint density at radius 1 is 1.06 bits per heavy atom. The van der Waals surface area contributed by atoms with Crippen molar-refractivity contribution in [1.82, 2.24) is 9.88 Å². The molecule has 18 heavy (non-hydrogen) atoms. The Bertz CT molecular complexity index is 471. The zero-order valence-electron chi connectivity index (χ0n) is 12.4. The molecule has 0 radical (unpaired) electrons. The molecule has 2 heteroatoms. The predicted octanol–water partition coefficient (Wildman–Crippen LogP) is 4.21. The van der Waals surface area contributed by atoms with Crippen molar-refractivity contribution in [3.63, 3.8) is 0 Å². The van der Waals surface area contributed by atoms with Crippen LogP contribution in [0.25, 0.3) is 10.9 Å². The second-order valence-electron chi connectivity index (χ2n) is 4.12. The molecule has 0 bridgehead atoms. The molecule has 2 aromatic rings. The summed E-state index contributed by atoms with van der Waals surface area (Å²) in [6.45, 7) is 10.2. The first-order valence-electron chi connectivity index (χ1n) is 7.11. The Labute approximate surface area is 111 Å². The minimum absolute atomic E-state index is 1.06. The van der Waals surface area contributed by atoms with Crippen molar-refractivity contribution in [3.05, 3.63) is 35.5 Å². The zero-order chi connectivity index (χ0) is 13.5. The van der Waals surface area contributed by atoms with Gasteiger partial charge in [-0.2, -0.15) is 0 Å². The van der Waals surface area contributed by atoms with E-state index in [1.807, 2.05) is 27.7 Å². The molecule has 3 rings (SSSR count). The van der Waals surface area contributed by atoms with E-state index >= 15 is 0 Å². The monoisotopic (exact) mass is 246 g/mol. The number of aromatic amines is 1. The van der Waals surface area contributed by atoms with Gasteiger partial charge in [-0.05, 0) is 25.1 Å². The second-order valence-corrected chi connectivity index (χ2v) is 4.12. The molecular weight excluding hydrogens is 220 g/mol. The molecule has 1 aromatic carbocycles. The predicted molar refractivity (Wildman–Crippen MR) is 81.0 cm³/mol. The zero-order valence-corrected chi connectivity index (χ0v) is 12.4. The highest BCUT2D eigenvalue weighted by Crippen LogP contribution is 2.26. The maximum absolute atomic E-state index is 3.50. The van der Waals surface area contributed by atoms with E-state index in [1.165, 1.54) is 35.1 Å². The number of likely N-dealkylation sites (N-methyl/N-ethyl adjacent to an activating group) is 1. The normalized spacial score (nSPS) is 14.1. The van der Waals surface area contributed by atoms with Crippen LogP contribution in [-0.2, 0) is 13.0 Å². The van der Waals surface area contributed by atoms with Gasteiger partial charge in [0, 0.05) is 29.7 Å². The van der Waals surface area contributed by atoms with Crippen LogP contribution in [0.1, 0.15) is 39.0 Å². The molecule has 0 spiro atoms. The van der Waals surface area contributed by atoms with Crippen molar-refractivity contribution in [3.8, 4) is 0 Å². The average Bonchev–Trinajstić information content (AvgIpc) is 2.80. The van der Waals surface area contributed by atoms with Crippen molar-refractivity contribution >= 4 is 10.9 Å². The van der Waals surface area contributed by atoms with E-state index in [2.05, 4.69) is 41.2 Å². The summed E-state index contributed by atoms with van der Waals surface area (Å²) in [6, 6.07) is 8.59. The lowest BCUT2D eigenvalue weighted by molar-refractivity contribution is 0.310. The van der Waals surface area contributed by atoms with Crippen molar-refractivity contribution in [2.75, 3.05) is 13.6 Å². The maximum atomic E-state index is 3.50. The lowest BCUT2D eigenvalue weighted by Gasteiger charge is -2.22. The highest BCUT2D eigenvalue weighted by molar-refractivity contribution is 5.84. The van der Waals surface area contributed by atoms with Crippen molar-refractivity contribution in [1.29, 1.82) is 0 Å². The Morgan fingerprint density at radius 3 is 2.44 bits per heavy atom. The molecule has 2 heterocycles. The Hall–Kier alpha value is -1.28. The summed E-state index contributed by atoms with van der Waals surface area (Å²) in [5.74, 6) is 0. The maximum Gasteiger partial charge on any atom is 0.0459 e. The number of nitrogens with zero attached hydrogens (tertiary/aromatic N) is 1. The van der Waals surface area contributed by atoms with E-state index < -0.39 is 0 Å². The van der Waals surface area contributed by atoms with Crippen LogP contribution in [0, 0.1) is 0 Å². The number of hydrogen-bond donors (Lipinski definition) is 1. The molecule has 100 valence electrons. The van der Waals surface area contributed by atoms with Gasteiger partial charge in [0.1, 0.15) is 0 Å². The van der Waals surface area contributed by atoms with E-state index in [0.29, 0.717) is 0 Å². The summed E-state index contributed by atoms with van der Waals surface area (Å²) in [4.78, 5) is 5.86. The minimum Gasteiger partial charge on any atom is -0.357 e. The topological polar surface area (TPSA) is 19.0 Å². The number of benzene rings is 1. The second kappa shape index (κ2) is 7.22. The lowest BCUT2D eigenvalue weighted by atomic mass is 10.0. The van der Waals surface area contributed by atoms with Gasteiger partial charge in [0.25, 0.3) is 0 Å². The molecule has 0 saturated heterocycles. The minimum atomic E-state index is 1.06. The Kier molecular flexibility index (Phi) is 5.93. The highest BCUT2D eigenvalue weighted by Gasteiger charge is 2.17. The summed E-state index contributed by atoms with van der Waals surface area (Å²) in [7, 11) is 2.18. The van der Waals surface area contributed by atoms with E-state index in [1.54, 1.807) is 0 Å². The molecule has 0 aliphatic carbocycles. The number of para-hydroxylation sites is 1. The quantitative estimate of drug-likeness (QED) is 0.738. The van der Waals surface area contributed by atoms with Gasteiger partial charge in [-0.15, -0.1) is 0 Å². The van der Waals surface area contributed by atoms with Crippen LogP contribution in [0.15, 0.2) is 24.3 Å². The molecule has 0 atom stereocenters. The fourth-order valence-corrected chi connectivity index (χ4v) is 2.33. The number of H-pyrrole nitrogens is 1. The molecule has 1 N–H and O–H groups in total. The summed E-state index contributed by atoms with van der Waals surface area (Å²) >= 11 is 0.